The Hall–Kier alpha value is 1.20. The molecular weight excluding hydrogens is 193 g/mol. The zero-order chi connectivity index (χ0) is 0. The minimum atomic E-state index is 0. The van der Waals surface area contributed by atoms with Crippen molar-refractivity contribution < 1.29 is 25.9 Å². The smallest absolute Gasteiger partial charge is 0 e. The molecule has 0 fully saturated rings. The van der Waals surface area contributed by atoms with Gasteiger partial charge in [0.25, 0.3) is 0 Å². The Morgan fingerprint density at radius 1 is 0.750 bits per heavy atom. The monoisotopic (exact) mass is 196 g/mol. The second-order valence-electron chi connectivity index (χ2n) is 0. The molecule has 0 radical (unpaired) electrons. The molecule has 0 spiro atoms. The number of hydrogen-bond acceptors (Lipinski definition) is 0. The molecule has 0 rings (SSSR count). The van der Waals surface area contributed by atoms with Crippen LogP contribution in [0.4, 0.5) is 0 Å². The molecule has 0 unspecified atom stereocenters. The summed E-state index contributed by atoms with van der Waals surface area (Å²) in [6.07, 6.45) is 0. The van der Waals surface area contributed by atoms with Crippen LogP contribution in [0.3, 0.4) is 0 Å². The van der Waals surface area contributed by atoms with Crippen molar-refractivity contribution in [3.05, 3.63) is 0 Å². The van der Waals surface area contributed by atoms with Crippen LogP contribution in [0.1, 0.15) is 0 Å². The first-order valence-electron chi connectivity index (χ1n) is 0. The molecule has 0 saturated carbocycles. The van der Waals surface area contributed by atoms with Crippen molar-refractivity contribution in [3.63, 3.8) is 0 Å². The fraction of sp³-hybridized carbons (Fsp3) is 0. The first kappa shape index (κ1) is 63.6. The molecule has 0 aliphatic carbocycles. The van der Waals surface area contributed by atoms with Gasteiger partial charge in [-0.3, -0.25) is 0 Å². The summed E-state index contributed by atoms with van der Waals surface area (Å²) in [6.45, 7) is 0. The molecule has 2 N–H and O–H groups in total. The third-order valence-electron chi connectivity index (χ3n) is 0. The average Bonchev–Trinajstić information content (AvgIpc) is 0. The van der Waals surface area contributed by atoms with E-state index in [1.165, 1.54) is 0 Å². The van der Waals surface area contributed by atoms with E-state index in [9.17, 15) is 0 Å². The van der Waals surface area contributed by atoms with Crippen LogP contribution in [0.2, 0.25) is 0 Å². The Labute approximate surface area is 50.9 Å². The van der Waals surface area contributed by atoms with Gasteiger partial charge in [0.05, 0.1) is 0 Å². The standard InChI is InChI=1S/2ClH.H2O.Pd/h2*1H;1H2;. The summed E-state index contributed by atoms with van der Waals surface area (Å²) < 4.78 is 0. The summed E-state index contributed by atoms with van der Waals surface area (Å²) in [5, 5.41) is 0. The Balaban J connectivity index is 0. The zero-order valence-corrected chi connectivity index (χ0v) is 4.82. The molecule has 0 aromatic heterocycles. The predicted octanol–water partition coefficient (Wildman–Crippen LogP) is 0.0164. The van der Waals surface area contributed by atoms with Crippen molar-refractivity contribution in [2.24, 2.45) is 0 Å². The van der Waals surface area contributed by atoms with Gasteiger partial charge in [0, 0.05) is 20.4 Å². The summed E-state index contributed by atoms with van der Waals surface area (Å²) in [7, 11) is 0. The maximum Gasteiger partial charge on any atom is 0 e. The maximum atomic E-state index is 0. The SMILES string of the molecule is Cl.Cl.O.[Pd]. The first-order chi connectivity index (χ1) is 0. The molecule has 0 bridgehead atoms. The third kappa shape index (κ3) is 10.7. The van der Waals surface area contributed by atoms with Crippen LogP contribution in [0.15, 0.2) is 0 Å². The molecule has 0 heterocycles. The van der Waals surface area contributed by atoms with Crippen molar-refractivity contribution in [2.45, 2.75) is 0 Å². The quantitative estimate of drug-likeness (QED) is 0.490. The van der Waals surface area contributed by atoms with Gasteiger partial charge in [-0.1, -0.05) is 0 Å². The summed E-state index contributed by atoms with van der Waals surface area (Å²) in [4.78, 5) is 0. The van der Waals surface area contributed by atoms with Gasteiger partial charge >= 0.3 is 0 Å². The van der Waals surface area contributed by atoms with Crippen molar-refractivity contribution >= 4 is 24.8 Å². The largest absolute Gasteiger partial charge is 0.412 e. The van der Waals surface area contributed by atoms with E-state index in [-0.39, 0.29) is 50.7 Å². The third-order valence-corrected chi connectivity index (χ3v) is 0. The van der Waals surface area contributed by atoms with Gasteiger partial charge in [0.15, 0.2) is 0 Å². The van der Waals surface area contributed by atoms with Gasteiger partial charge in [0.2, 0.25) is 0 Å². The van der Waals surface area contributed by atoms with Crippen LogP contribution < -0.4 is 0 Å². The molecule has 4 heteroatoms. The normalized spacial score (nSPS) is 0. The average molecular weight is 197 g/mol. The molecule has 0 aromatic rings. The molecule has 0 aliphatic heterocycles. The van der Waals surface area contributed by atoms with Gasteiger partial charge in [-0.25, -0.2) is 0 Å². The minimum Gasteiger partial charge on any atom is -0.412 e. The molecule has 0 amide bonds. The van der Waals surface area contributed by atoms with Gasteiger partial charge in [-0.2, -0.15) is 0 Å². The number of rotatable bonds is 0. The Bertz CT molecular complexity index is 6.00. The van der Waals surface area contributed by atoms with E-state index in [0.717, 1.165) is 0 Å². The van der Waals surface area contributed by atoms with Gasteiger partial charge in [-0.05, 0) is 0 Å². The van der Waals surface area contributed by atoms with Gasteiger partial charge < -0.3 is 5.48 Å². The van der Waals surface area contributed by atoms with E-state index >= 15 is 0 Å². The van der Waals surface area contributed by atoms with E-state index in [4.69, 9.17) is 0 Å². The van der Waals surface area contributed by atoms with Crippen molar-refractivity contribution in [3.8, 4) is 0 Å². The van der Waals surface area contributed by atoms with Crippen LogP contribution in [0, 0.1) is 0 Å². The van der Waals surface area contributed by atoms with Crippen LogP contribution in [-0.4, -0.2) is 5.48 Å². The Morgan fingerprint density at radius 3 is 0.750 bits per heavy atom. The fourth-order valence-electron chi connectivity index (χ4n) is 0. The molecule has 4 heavy (non-hydrogen) atoms. The summed E-state index contributed by atoms with van der Waals surface area (Å²) >= 11 is 0. The van der Waals surface area contributed by atoms with Crippen LogP contribution >= 0.6 is 24.8 Å². The first-order valence-corrected chi connectivity index (χ1v) is 0. The van der Waals surface area contributed by atoms with E-state index in [1.54, 1.807) is 0 Å². The van der Waals surface area contributed by atoms with Crippen molar-refractivity contribution in [1.29, 1.82) is 0 Å². The zero-order valence-electron chi connectivity index (χ0n) is 1.63. The predicted molar refractivity (Wildman–Crippen MR) is 18.1 cm³/mol. The maximum absolute atomic E-state index is 0. The molecule has 1 nitrogen and oxygen atoms in total. The van der Waals surface area contributed by atoms with E-state index in [0.29, 0.717) is 0 Å². The molecule has 0 aliphatic rings. The summed E-state index contributed by atoms with van der Waals surface area (Å²) in [5.41, 5.74) is 0. The topological polar surface area (TPSA) is 31.5 Å². The minimum absolute atomic E-state index is 0. The van der Waals surface area contributed by atoms with Crippen molar-refractivity contribution in [2.75, 3.05) is 0 Å². The molecule has 0 saturated heterocycles. The number of halogens is 2. The van der Waals surface area contributed by atoms with E-state index in [1.807, 2.05) is 0 Å². The Morgan fingerprint density at radius 2 is 0.750 bits per heavy atom. The fourth-order valence-corrected chi connectivity index (χ4v) is 0. The van der Waals surface area contributed by atoms with Crippen LogP contribution in [0.5, 0.6) is 0 Å². The molecule has 34 valence electrons. The van der Waals surface area contributed by atoms with E-state index in [2.05, 4.69) is 0 Å². The Kier molecular flexibility index (Phi) is 474. The second-order valence-corrected chi connectivity index (χ2v) is 0. The molecule has 0 aromatic carbocycles. The van der Waals surface area contributed by atoms with Gasteiger partial charge in [0.1, 0.15) is 0 Å². The summed E-state index contributed by atoms with van der Waals surface area (Å²) in [5.74, 6) is 0. The number of hydrogen-bond donors (Lipinski definition) is 0. The second kappa shape index (κ2) is 29.8. The molecule has 0 atom stereocenters. The summed E-state index contributed by atoms with van der Waals surface area (Å²) in [6, 6.07) is 0. The molecular formula is H4Cl2OPd. The van der Waals surface area contributed by atoms with Gasteiger partial charge in [-0.15, -0.1) is 24.8 Å². The van der Waals surface area contributed by atoms with E-state index < -0.39 is 0 Å². The van der Waals surface area contributed by atoms with Crippen molar-refractivity contribution in [1.82, 2.24) is 0 Å². The van der Waals surface area contributed by atoms with Crippen LogP contribution in [0.25, 0.3) is 0 Å². The van der Waals surface area contributed by atoms with Crippen LogP contribution in [-0.2, 0) is 20.4 Å².